The zero-order valence-electron chi connectivity index (χ0n) is 12.0. The highest BCUT2D eigenvalue weighted by molar-refractivity contribution is 5.36. The fraction of sp³-hybridized carbons (Fsp3) is 0.357. The maximum absolute atomic E-state index is 5.50. The molecule has 0 amide bonds. The molecule has 0 aliphatic carbocycles. The first-order valence-corrected chi connectivity index (χ1v) is 6.81. The molecule has 0 fully saturated rings. The maximum Gasteiger partial charge on any atom is 0.229 e. The third-order valence-corrected chi connectivity index (χ3v) is 3.00. The SMILES string of the molecule is COc1ccc(CCCCNc2nc(N)nc(N)n2)cc1. The van der Waals surface area contributed by atoms with Gasteiger partial charge in [-0.2, -0.15) is 15.0 Å². The standard InChI is InChI=1S/C14H20N6O/c1-21-11-7-5-10(6-8-11)4-2-3-9-17-14-19-12(15)18-13(16)20-14/h5-8H,2-4,9H2,1H3,(H5,15,16,17,18,19,20). The molecular weight excluding hydrogens is 268 g/mol. The van der Waals surface area contributed by atoms with Crippen molar-refractivity contribution in [1.29, 1.82) is 0 Å². The molecule has 1 aromatic carbocycles. The maximum atomic E-state index is 5.50. The molecule has 1 aromatic heterocycles. The van der Waals surface area contributed by atoms with Crippen LogP contribution >= 0.6 is 0 Å². The van der Waals surface area contributed by atoms with E-state index in [0.717, 1.165) is 31.6 Å². The predicted octanol–water partition coefficient (Wildman–Crippen LogP) is 1.48. The molecule has 0 spiro atoms. The second-order valence-electron chi connectivity index (χ2n) is 4.61. The Hall–Kier alpha value is -2.57. The van der Waals surface area contributed by atoms with E-state index in [1.54, 1.807) is 7.11 Å². The van der Waals surface area contributed by atoms with Crippen molar-refractivity contribution in [3.63, 3.8) is 0 Å². The van der Waals surface area contributed by atoms with Gasteiger partial charge in [0.25, 0.3) is 0 Å². The second kappa shape index (κ2) is 7.28. The molecule has 2 rings (SSSR count). The summed E-state index contributed by atoms with van der Waals surface area (Å²) in [6.07, 6.45) is 3.08. The van der Waals surface area contributed by atoms with Crippen molar-refractivity contribution in [1.82, 2.24) is 15.0 Å². The minimum atomic E-state index is 0.128. The lowest BCUT2D eigenvalue weighted by Crippen LogP contribution is -2.10. The van der Waals surface area contributed by atoms with E-state index in [4.69, 9.17) is 16.2 Å². The van der Waals surface area contributed by atoms with Gasteiger partial charge in [0.2, 0.25) is 17.8 Å². The summed E-state index contributed by atoms with van der Waals surface area (Å²) in [5.74, 6) is 1.56. The number of nitrogens with two attached hydrogens (primary N) is 2. The van der Waals surface area contributed by atoms with E-state index in [1.807, 2.05) is 12.1 Å². The average molecular weight is 288 g/mol. The molecule has 0 unspecified atom stereocenters. The van der Waals surface area contributed by atoms with Crippen molar-refractivity contribution in [3.8, 4) is 5.75 Å². The molecule has 1 heterocycles. The Labute approximate surface area is 123 Å². The molecular formula is C14H20N6O. The van der Waals surface area contributed by atoms with Crippen LogP contribution in [-0.2, 0) is 6.42 Å². The highest BCUT2D eigenvalue weighted by atomic mass is 16.5. The summed E-state index contributed by atoms with van der Waals surface area (Å²) in [6, 6.07) is 8.12. The number of aromatic nitrogens is 3. The van der Waals surface area contributed by atoms with E-state index in [1.165, 1.54) is 5.56 Å². The van der Waals surface area contributed by atoms with E-state index in [2.05, 4.69) is 32.4 Å². The van der Waals surface area contributed by atoms with Crippen LogP contribution in [0, 0.1) is 0 Å². The van der Waals surface area contributed by atoms with Gasteiger partial charge in [0.15, 0.2) is 0 Å². The van der Waals surface area contributed by atoms with Gasteiger partial charge in [-0.05, 0) is 37.0 Å². The van der Waals surface area contributed by atoms with Crippen molar-refractivity contribution in [2.24, 2.45) is 0 Å². The van der Waals surface area contributed by atoms with Crippen LogP contribution in [0.3, 0.4) is 0 Å². The molecule has 21 heavy (non-hydrogen) atoms. The summed E-state index contributed by atoms with van der Waals surface area (Å²) in [4.78, 5) is 11.6. The van der Waals surface area contributed by atoms with Crippen LogP contribution in [0.25, 0.3) is 0 Å². The van der Waals surface area contributed by atoms with Crippen molar-refractivity contribution in [2.45, 2.75) is 19.3 Å². The van der Waals surface area contributed by atoms with Gasteiger partial charge >= 0.3 is 0 Å². The molecule has 112 valence electrons. The van der Waals surface area contributed by atoms with Gasteiger partial charge in [0.1, 0.15) is 5.75 Å². The topological polar surface area (TPSA) is 112 Å². The Morgan fingerprint density at radius 1 is 1.00 bits per heavy atom. The minimum absolute atomic E-state index is 0.128. The average Bonchev–Trinajstić information content (AvgIpc) is 2.46. The highest BCUT2D eigenvalue weighted by Gasteiger charge is 2.00. The van der Waals surface area contributed by atoms with Crippen LogP contribution in [0.5, 0.6) is 5.75 Å². The molecule has 5 N–H and O–H groups in total. The van der Waals surface area contributed by atoms with Gasteiger partial charge in [-0.3, -0.25) is 0 Å². The summed E-state index contributed by atoms with van der Waals surface area (Å²) in [6.45, 7) is 0.763. The monoisotopic (exact) mass is 288 g/mol. The van der Waals surface area contributed by atoms with E-state index in [9.17, 15) is 0 Å². The van der Waals surface area contributed by atoms with Gasteiger partial charge in [-0.15, -0.1) is 0 Å². The number of anilines is 3. The molecule has 0 bridgehead atoms. The van der Waals surface area contributed by atoms with Crippen LogP contribution in [-0.4, -0.2) is 28.6 Å². The van der Waals surface area contributed by atoms with Crippen molar-refractivity contribution < 1.29 is 4.74 Å². The van der Waals surface area contributed by atoms with Gasteiger partial charge in [-0.1, -0.05) is 12.1 Å². The molecule has 7 nitrogen and oxygen atoms in total. The van der Waals surface area contributed by atoms with Gasteiger partial charge in [0.05, 0.1) is 7.11 Å². The summed E-state index contributed by atoms with van der Waals surface area (Å²) in [5.41, 5.74) is 12.3. The number of unbranched alkanes of at least 4 members (excludes halogenated alkanes) is 1. The molecule has 7 heteroatoms. The predicted molar refractivity (Wildman–Crippen MR) is 83.1 cm³/mol. The first kappa shape index (κ1) is 14.8. The fourth-order valence-corrected chi connectivity index (χ4v) is 1.93. The van der Waals surface area contributed by atoms with Crippen molar-refractivity contribution >= 4 is 17.8 Å². The zero-order valence-corrected chi connectivity index (χ0v) is 12.0. The number of methoxy groups -OCH3 is 1. The van der Waals surface area contributed by atoms with E-state index in [0.29, 0.717) is 5.95 Å². The molecule has 0 radical (unpaired) electrons. The second-order valence-corrected chi connectivity index (χ2v) is 4.61. The van der Waals surface area contributed by atoms with Crippen LogP contribution in [0.15, 0.2) is 24.3 Å². The van der Waals surface area contributed by atoms with Crippen LogP contribution in [0.1, 0.15) is 18.4 Å². The number of nitrogens with zero attached hydrogens (tertiary/aromatic N) is 3. The number of hydrogen-bond donors (Lipinski definition) is 3. The zero-order chi connectivity index (χ0) is 15.1. The Bertz CT molecular complexity index is 552. The molecule has 0 aliphatic rings. The van der Waals surface area contributed by atoms with Gasteiger partial charge in [0, 0.05) is 6.54 Å². The van der Waals surface area contributed by atoms with Crippen molar-refractivity contribution in [3.05, 3.63) is 29.8 Å². The number of nitrogens with one attached hydrogen (secondary N) is 1. The largest absolute Gasteiger partial charge is 0.497 e. The summed E-state index contributed by atoms with van der Waals surface area (Å²) in [7, 11) is 1.67. The quantitative estimate of drug-likeness (QED) is 0.661. The summed E-state index contributed by atoms with van der Waals surface area (Å²) in [5, 5.41) is 3.09. The third kappa shape index (κ3) is 4.79. The molecule has 0 saturated heterocycles. The number of ether oxygens (including phenoxy) is 1. The molecule has 0 aliphatic heterocycles. The van der Waals surface area contributed by atoms with E-state index < -0.39 is 0 Å². The van der Waals surface area contributed by atoms with Crippen LogP contribution in [0.2, 0.25) is 0 Å². The first-order chi connectivity index (χ1) is 10.2. The van der Waals surface area contributed by atoms with Crippen LogP contribution < -0.4 is 21.5 Å². The number of nitrogen functional groups attached to an aromatic ring is 2. The molecule has 0 atom stereocenters. The van der Waals surface area contributed by atoms with Gasteiger partial charge in [-0.25, -0.2) is 0 Å². The Morgan fingerprint density at radius 3 is 2.29 bits per heavy atom. The fourth-order valence-electron chi connectivity index (χ4n) is 1.93. The highest BCUT2D eigenvalue weighted by Crippen LogP contribution is 2.13. The van der Waals surface area contributed by atoms with E-state index in [-0.39, 0.29) is 11.9 Å². The normalized spacial score (nSPS) is 10.3. The minimum Gasteiger partial charge on any atom is -0.497 e. The lowest BCUT2D eigenvalue weighted by atomic mass is 10.1. The Balaban J connectivity index is 1.69. The number of rotatable bonds is 7. The Kier molecular flexibility index (Phi) is 5.14. The lowest BCUT2D eigenvalue weighted by Gasteiger charge is -2.06. The van der Waals surface area contributed by atoms with Crippen LogP contribution in [0.4, 0.5) is 17.8 Å². The smallest absolute Gasteiger partial charge is 0.229 e. The summed E-state index contributed by atoms with van der Waals surface area (Å²) >= 11 is 0. The molecule has 0 saturated carbocycles. The first-order valence-electron chi connectivity index (χ1n) is 6.81. The van der Waals surface area contributed by atoms with Gasteiger partial charge < -0.3 is 21.5 Å². The number of hydrogen-bond acceptors (Lipinski definition) is 7. The van der Waals surface area contributed by atoms with E-state index >= 15 is 0 Å². The third-order valence-electron chi connectivity index (χ3n) is 3.00. The molecule has 2 aromatic rings. The van der Waals surface area contributed by atoms with Crippen molar-refractivity contribution in [2.75, 3.05) is 30.4 Å². The lowest BCUT2D eigenvalue weighted by molar-refractivity contribution is 0.414. The Morgan fingerprint density at radius 2 is 1.67 bits per heavy atom. The number of aryl methyl sites for hydroxylation is 1. The summed E-state index contributed by atoms with van der Waals surface area (Å²) < 4.78 is 5.13. The number of benzene rings is 1.